The Morgan fingerprint density at radius 2 is 1.85 bits per heavy atom. The second-order valence-corrected chi connectivity index (χ2v) is 10.8. The van der Waals surface area contributed by atoms with E-state index in [0.717, 1.165) is 5.56 Å². The standard InChI is InChI=1S/C28H27ClN4O7S/c1-39-22-9-6-16(12-23(22)40-2)10-11-31-25(34)15-24-27(36)32(19-5-3-4-17(13-19)26(30)35)28(41-24)18-7-8-20(29)21(14-18)33(37)38/h3-9,12-14,24,28H,10-11,15H2,1-2H3,(H2,30,35)(H,31,34)/t24-,28+/m1/s1. The molecule has 41 heavy (non-hydrogen) atoms. The Balaban J connectivity index is 1.52. The lowest BCUT2D eigenvalue weighted by Gasteiger charge is -2.24. The number of primary amides is 1. The minimum atomic E-state index is -0.784. The minimum Gasteiger partial charge on any atom is -0.493 e. The summed E-state index contributed by atoms with van der Waals surface area (Å²) in [7, 11) is 3.09. The molecule has 3 N–H and O–H groups in total. The number of nitro benzene ring substituents is 1. The van der Waals surface area contributed by atoms with Gasteiger partial charge in [0.1, 0.15) is 10.4 Å². The molecule has 3 aromatic carbocycles. The van der Waals surface area contributed by atoms with Crippen LogP contribution in [0.2, 0.25) is 5.02 Å². The van der Waals surface area contributed by atoms with Crippen LogP contribution in [0.1, 0.15) is 33.3 Å². The van der Waals surface area contributed by atoms with Gasteiger partial charge in [0.05, 0.1) is 24.4 Å². The number of nitrogens with two attached hydrogens (primary N) is 1. The summed E-state index contributed by atoms with van der Waals surface area (Å²) in [6, 6.07) is 16.0. The molecule has 0 saturated carbocycles. The molecule has 13 heteroatoms. The van der Waals surface area contributed by atoms with Gasteiger partial charge < -0.3 is 20.5 Å². The van der Waals surface area contributed by atoms with E-state index in [1.54, 1.807) is 38.5 Å². The van der Waals surface area contributed by atoms with Gasteiger partial charge in [0.2, 0.25) is 17.7 Å². The highest BCUT2D eigenvalue weighted by molar-refractivity contribution is 8.01. The lowest BCUT2D eigenvalue weighted by Crippen LogP contribution is -2.34. The highest BCUT2D eigenvalue weighted by Gasteiger charge is 2.43. The van der Waals surface area contributed by atoms with Gasteiger partial charge in [-0.05, 0) is 53.9 Å². The maximum atomic E-state index is 13.6. The van der Waals surface area contributed by atoms with E-state index in [-0.39, 0.29) is 34.5 Å². The predicted octanol–water partition coefficient (Wildman–Crippen LogP) is 4.26. The van der Waals surface area contributed by atoms with Gasteiger partial charge >= 0.3 is 0 Å². The van der Waals surface area contributed by atoms with Crippen molar-refractivity contribution in [2.24, 2.45) is 5.73 Å². The summed E-state index contributed by atoms with van der Waals surface area (Å²) in [5.74, 6) is -0.198. The van der Waals surface area contributed by atoms with Crippen LogP contribution in [0.15, 0.2) is 60.7 Å². The molecule has 11 nitrogen and oxygen atoms in total. The summed E-state index contributed by atoms with van der Waals surface area (Å²) in [6.07, 6.45) is 0.411. The molecule has 1 aliphatic rings. The third-order valence-electron chi connectivity index (χ3n) is 6.46. The van der Waals surface area contributed by atoms with Crippen molar-refractivity contribution in [2.75, 3.05) is 25.7 Å². The second-order valence-electron chi connectivity index (χ2n) is 9.06. The number of nitro groups is 1. The summed E-state index contributed by atoms with van der Waals surface area (Å²) in [5, 5.41) is 12.8. The molecule has 0 bridgehead atoms. The zero-order valence-corrected chi connectivity index (χ0v) is 23.7. The number of ether oxygens (including phenoxy) is 2. The third kappa shape index (κ3) is 6.72. The second kappa shape index (κ2) is 12.9. The van der Waals surface area contributed by atoms with Crippen LogP contribution in [0.5, 0.6) is 11.5 Å². The van der Waals surface area contributed by atoms with E-state index in [4.69, 9.17) is 26.8 Å². The predicted molar refractivity (Wildman–Crippen MR) is 156 cm³/mol. The van der Waals surface area contributed by atoms with E-state index < -0.39 is 21.5 Å². The summed E-state index contributed by atoms with van der Waals surface area (Å²) < 4.78 is 10.6. The number of carbonyl (C=O) groups is 3. The molecule has 0 spiro atoms. The van der Waals surface area contributed by atoms with Gasteiger partial charge in [0.25, 0.3) is 5.69 Å². The van der Waals surface area contributed by atoms with Gasteiger partial charge in [-0.1, -0.05) is 29.8 Å². The molecule has 214 valence electrons. The molecule has 1 aliphatic heterocycles. The van der Waals surface area contributed by atoms with Crippen molar-refractivity contribution in [1.29, 1.82) is 0 Å². The van der Waals surface area contributed by atoms with Crippen LogP contribution in [0.3, 0.4) is 0 Å². The maximum Gasteiger partial charge on any atom is 0.288 e. The number of carbonyl (C=O) groups excluding carboxylic acids is 3. The van der Waals surface area contributed by atoms with Gasteiger partial charge in [-0.3, -0.25) is 29.4 Å². The number of methoxy groups -OCH3 is 2. The van der Waals surface area contributed by atoms with Gasteiger partial charge in [-0.15, -0.1) is 11.8 Å². The first-order chi connectivity index (χ1) is 19.6. The number of nitrogens with zero attached hydrogens (tertiary/aromatic N) is 2. The van der Waals surface area contributed by atoms with E-state index in [1.807, 2.05) is 12.1 Å². The van der Waals surface area contributed by atoms with Crippen molar-refractivity contribution in [1.82, 2.24) is 5.32 Å². The zero-order valence-electron chi connectivity index (χ0n) is 22.2. The SMILES string of the molecule is COc1ccc(CCNC(=O)C[C@H]2S[C@@H](c3ccc(Cl)c([N+](=O)[O-])c3)N(c3cccc(C(N)=O)c3)C2=O)cc1OC. The molecule has 0 aromatic heterocycles. The van der Waals surface area contributed by atoms with Gasteiger partial charge in [0.15, 0.2) is 11.5 Å². The van der Waals surface area contributed by atoms with Gasteiger partial charge in [-0.2, -0.15) is 0 Å². The third-order valence-corrected chi connectivity index (χ3v) is 8.21. The molecule has 3 aromatic rings. The normalized spacial score (nSPS) is 16.4. The maximum absolute atomic E-state index is 13.6. The molecule has 3 amide bonds. The number of amides is 3. The fourth-order valence-electron chi connectivity index (χ4n) is 4.43. The first kappa shape index (κ1) is 29.7. The smallest absolute Gasteiger partial charge is 0.288 e. The molecule has 1 saturated heterocycles. The number of thioether (sulfide) groups is 1. The minimum absolute atomic E-state index is 0.0410. The Kier molecular flexibility index (Phi) is 9.35. The summed E-state index contributed by atoms with van der Waals surface area (Å²) >= 11 is 7.20. The summed E-state index contributed by atoms with van der Waals surface area (Å²) in [4.78, 5) is 50.6. The highest BCUT2D eigenvalue weighted by atomic mass is 35.5. The first-order valence-corrected chi connectivity index (χ1v) is 13.7. The topological polar surface area (TPSA) is 154 Å². The number of anilines is 1. The molecule has 1 heterocycles. The zero-order chi connectivity index (χ0) is 29.7. The van der Waals surface area contributed by atoms with Crippen molar-refractivity contribution < 1.29 is 28.8 Å². The number of hydrogen-bond donors (Lipinski definition) is 2. The van der Waals surface area contributed by atoms with Crippen molar-refractivity contribution in [3.63, 3.8) is 0 Å². The lowest BCUT2D eigenvalue weighted by molar-refractivity contribution is -0.384. The Morgan fingerprint density at radius 1 is 1.10 bits per heavy atom. The highest BCUT2D eigenvalue weighted by Crippen LogP contribution is 2.47. The van der Waals surface area contributed by atoms with Crippen molar-refractivity contribution in [2.45, 2.75) is 23.5 Å². The van der Waals surface area contributed by atoms with E-state index in [0.29, 0.717) is 35.7 Å². The van der Waals surface area contributed by atoms with Crippen LogP contribution < -0.4 is 25.4 Å². The largest absolute Gasteiger partial charge is 0.493 e. The molecule has 1 fully saturated rings. The molecular formula is C28H27ClN4O7S. The van der Waals surface area contributed by atoms with Crippen molar-refractivity contribution in [3.05, 3.63) is 92.5 Å². The van der Waals surface area contributed by atoms with Crippen LogP contribution >= 0.6 is 23.4 Å². The number of rotatable bonds is 11. The quantitative estimate of drug-likeness (QED) is 0.245. The van der Waals surface area contributed by atoms with E-state index in [1.165, 1.54) is 40.9 Å². The number of halogens is 1. The number of hydrogen-bond acceptors (Lipinski definition) is 8. The van der Waals surface area contributed by atoms with E-state index in [9.17, 15) is 24.5 Å². The molecule has 2 atom stereocenters. The Hall–Kier alpha value is -4.29. The van der Waals surface area contributed by atoms with Crippen molar-refractivity contribution >= 4 is 52.5 Å². The van der Waals surface area contributed by atoms with Crippen LogP contribution in [0.25, 0.3) is 0 Å². The van der Waals surface area contributed by atoms with Crippen LogP contribution in [-0.4, -0.2) is 48.7 Å². The summed E-state index contributed by atoms with van der Waals surface area (Å²) in [5.41, 5.74) is 7.07. The molecule has 0 unspecified atom stereocenters. The van der Waals surface area contributed by atoms with Gasteiger partial charge in [0, 0.05) is 30.3 Å². The Labute approximate surface area is 245 Å². The van der Waals surface area contributed by atoms with Crippen LogP contribution in [0, 0.1) is 10.1 Å². The average Bonchev–Trinajstić information content (AvgIpc) is 3.28. The number of nitrogens with one attached hydrogen (secondary N) is 1. The molecule has 0 radical (unpaired) electrons. The fraction of sp³-hybridized carbons (Fsp3) is 0.250. The monoisotopic (exact) mass is 598 g/mol. The van der Waals surface area contributed by atoms with E-state index in [2.05, 4.69) is 5.32 Å². The van der Waals surface area contributed by atoms with Gasteiger partial charge in [-0.25, -0.2) is 0 Å². The molecule has 0 aliphatic carbocycles. The average molecular weight is 599 g/mol. The Morgan fingerprint density at radius 3 is 2.54 bits per heavy atom. The number of benzene rings is 3. The van der Waals surface area contributed by atoms with Crippen LogP contribution in [-0.2, 0) is 16.0 Å². The van der Waals surface area contributed by atoms with E-state index >= 15 is 0 Å². The molecule has 4 rings (SSSR count). The lowest BCUT2D eigenvalue weighted by atomic mass is 10.1. The van der Waals surface area contributed by atoms with Crippen molar-refractivity contribution in [3.8, 4) is 11.5 Å². The summed E-state index contributed by atoms with van der Waals surface area (Å²) in [6.45, 7) is 0.330. The van der Waals surface area contributed by atoms with Crippen LogP contribution in [0.4, 0.5) is 11.4 Å². The fourth-order valence-corrected chi connectivity index (χ4v) is 6.05. The Bertz CT molecular complexity index is 1500. The first-order valence-electron chi connectivity index (χ1n) is 12.4. The molecular weight excluding hydrogens is 572 g/mol.